The maximum absolute atomic E-state index is 11.7. The van der Waals surface area contributed by atoms with E-state index in [0.29, 0.717) is 30.7 Å². The van der Waals surface area contributed by atoms with E-state index in [4.69, 9.17) is 10.3 Å². The summed E-state index contributed by atoms with van der Waals surface area (Å²) in [5.41, 5.74) is 9.73. The zero-order chi connectivity index (χ0) is 17.2. The summed E-state index contributed by atoms with van der Waals surface area (Å²) < 4.78 is 25.9. The lowest BCUT2D eigenvalue weighted by atomic mass is 10.1. The lowest BCUT2D eigenvalue weighted by molar-refractivity contribution is -0.125. The van der Waals surface area contributed by atoms with E-state index in [1.807, 2.05) is 17.0 Å². The van der Waals surface area contributed by atoms with Gasteiger partial charge in [-0.25, -0.2) is 5.43 Å². The molecule has 2 aliphatic rings. The molecule has 0 unspecified atom stereocenters. The number of aliphatic hydroxyl groups excluding tert-OH is 1. The van der Waals surface area contributed by atoms with Gasteiger partial charge in [-0.1, -0.05) is 12.1 Å². The summed E-state index contributed by atoms with van der Waals surface area (Å²) >= 11 is 0. The molecule has 1 saturated heterocycles. The predicted molar refractivity (Wildman–Crippen MR) is 84.1 cm³/mol. The average molecular weight is 342 g/mol. The van der Waals surface area contributed by atoms with Gasteiger partial charge < -0.3 is 15.7 Å². The standard InChI is InChI=1S/C12H14N4O2.CH4O3S/c13-8-3-1-2-7(4-8)11-14-15-12(18)10-5-9(17)6-16(10)11;1-5(2,3)4/h1-4,9-10,17H,5-6,13H2,(H,15,18);1H3,(H,2,3,4)/t9-,10+;/m1./s1. The summed E-state index contributed by atoms with van der Waals surface area (Å²) in [5.74, 6) is 0.489. The molecule has 0 spiro atoms. The van der Waals surface area contributed by atoms with Crippen molar-refractivity contribution in [1.82, 2.24) is 10.3 Å². The molecular weight excluding hydrogens is 324 g/mol. The number of nitrogen functional groups attached to an aromatic ring is 1. The van der Waals surface area contributed by atoms with Crippen LogP contribution in [-0.4, -0.2) is 59.7 Å². The first-order valence-corrected chi connectivity index (χ1v) is 8.60. The first-order chi connectivity index (χ1) is 10.6. The molecule has 0 radical (unpaired) electrons. The highest BCUT2D eigenvalue weighted by Crippen LogP contribution is 2.24. The summed E-state index contributed by atoms with van der Waals surface area (Å²) in [6, 6.07) is 6.98. The normalized spacial score (nSPS) is 23.3. The van der Waals surface area contributed by atoms with Crippen LogP contribution in [0.2, 0.25) is 0 Å². The number of hydrazone groups is 1. The molecule has 0 saturated carbocycles. The van der Waals surface area contributed by atoms with Crippen molar-refractivity contribution >= 4 is 27.5 Å². The smallest absolute Gasteiger partial charge is 0.262 e. The molecule has 1 amide bonds. The minimum atomic E-state index is -3.67. The largest absolute Gasteiger partial charge is 0.399 e. The van der Waals surface area contributed by atoms with Gasteiger partial charge in [0.2, 0.25) is 0 Å². The third kappa shape index (κ3) is 4.65. The van der Waals surface area contributed by atoms with Gasteiger partial charge >= 0.3 is 0 Å². The Morgan fingerprint density at radius 2 is 2.09 bits per heavy atom. The lowest BCUT2D eigenvalue weighted by Crippen LogP contribution is -2.50. The number of carbonyl (C=O) groups is 1. The first kappa shape index (κ1) is 17.2. The Labute approximate surface area is 133 Å². The van der Waals surface area contributed by atoms with Crippen LogP contribution in [0.4, 0.5) is 5.69 Å². The van der Waals surface area contributed by atoms with E-state index in [0.717, 1.165) is 5.56 Å². The molecule has 2 atom stereocenters. The van der Waals surface area contributed by atoms with Crippen molar-refractivity contribution in [2.24, 2.45) is 5.10 Å². The second-order valence-corrected chi connectivity index (χ2v) is 6.79. The molecule has 1 aromatic carbocycles. The zero-order valence-electron chi connectivity index (χ0n) is 12.4. The molecule has 0 bridgehead atoms. The first-order valence-electron chi connectivity index (χ1n) is 6.76. The Morgan fingerprint density at radius 3 is 2.70 bits per heavy atom. The maximum Gasteiger partial charge on any atom is 0.262 e. The van der Waals surface area contributed by atoms with Crippen molar-refractivity contribution in [3.63, 3.8) is 0 Å². The Balaban J connectivity index is 0.000000338. The number of nitrogens with two attached hydrogens (primary N) is 1. The van der Waals surface area contributed by atoms with Crippen LogP contribution in [-0.2, 0) is 14.9 Å². The molecule has 1 aromatic rings. The number of fused-ring (bicyclic) bond motifs is 1. The van der Waals surface area contributed by atoms with Crippen molar-refractivity contribution < 1.29 is 22.9 Å². The van der Waals surface area contributed by atoms with Gasteiger partial charge in [0.15, 0.2) is 5.84 Å². The monoisotopic (exact) mass is 342 g/mol. The molecule has 1 fully saturated rings. The van der Waals surface area contributed by atoms with Crippen LogP contribution in [0.3, 0.4) is 0 Å². The summed E-state index contributed by atoms with van der Waals surface area (Å²) in [6.07, 6.45) is 0.658. The van der Waals surface area contributed by atoms with E-state index < -0.39 is 16.2 Å². The van der Waals surface area contributed by atoms with Gasteiger partial charge in [0, 0.05) is 24.2 Å². The second kappa shape index (κ2) is 6.52. The highest BCUT2D eigenvalue weighted by molar-refractivity contribution is 7.85. The number of nitrogens with zero attached hydrogens (tertiary/aromatic N) is 2. The number of carbonyl (C=O) groups excluding carboxylic acids is 1. The fraction of sp³-hybridized carbons (Fsp3) is 0.385. The van der Waals surface area contributed by atoms with E-state index >= 15 is 0 Å². The van der Waals surface area contributed by atoms with Gasteiger partial charge in [-0.3, -0.25) is 9.35 Å². The highest BCUT2D eigenvalue weighted by Gasteiger charge is 2.40. The third-order valence-corrected chi connectivity index (χ3v) is 3.27. The Morgan fingerprint density at radius 1 is 1.43 bits per heavy atom. The summed E-state index contributed by atoms with van der Waals surface area (Å²) in [6.45, 7) is 0.422. The van der Waals surface area contributed by atoms with Crippen molar-refractivity contribution in [2.45, 2.75) is 18.6 Å². The fourth-order valence-electron chi connectivity index (χ4n) is 2.45. The third-order valence-electron chi connectivity index (χ3n) is 3.27. The molecule has 9 nitrogen and oxygen atoms in total. The number of aliphatic hydroxyl groups is 1. The number of nitrogens with one attached hydrogen (secondary N) is 1. The van der Waals surface area contributed by atoms with Gasteiger partial charge in [0.25, 0.3) is 16.0 Å². The van der Waals surface area contributed by atoms with Gasteiger partial charge in [-0.05, 0) is 12.1 Å². The molecule has 126 valence electrons. The van der Waals surface area contributed by atoms with Gasteiger partial charge in [-0.2, -0.15) is 13.5 Å². The van der Waals surface area contributed by atoms with E-state index in [2.05, 4.69) is 10.5 Å². The van der Waals surface area contributed by atoms with Crippen LogP contribution in [0.25, 0.3) is 0 Å². The number of hydrogen-bond acceptors (Lipinski definition) is 7. The molecule has 0 aliphatic carbocycles. The lowest BCUT2D eigenvalue weighted by Gasteiger charge is -2.30. The quantitative estimate of drug-likeness (QED) is 0.378. The number of amides is 1. The van der Waals surface area contributed by atoms with Crippen LogP contribution in [0.5, 0.6) is 0 Å². The number of benzene rings is 1. The topological polar surface area (TPSA) is 145 Å². The number of hydrogen-bond donors (Lipinski definition) is 4. The molecular formula is C13H18N4O5S. The predicted octanol–water partition coefficient (Wildman–Crippen LogP) is -1.00. The molecule has 2 heterocycles. The number of rotatable bonds is 1. The Bertz CT molecular complexity index is 726. The zero-order valence-corrected chi connectivity index (χ0v) is 13.2. The van der Waals surface area contributed by atoms with E-state index in [9.17, 15) is 18.3 Å². The van der Waals surface area contributed by atoms with Crippen molar-refractivity contribution in [1.29, 1.82) is 0 Å². The number of anilines is 1. The van der Waals surface area contributed by atoms with Gasteiger partial charge in [-0.15, -0.1) is 0 Å². The van der Waals surface area contributed by atoms with Crippen LogP contribution < -0.4 is 11.2 Å². The van der Waals surface area contributed by atoms with Crippen LogP contribution in [0.15, 0.2) is 29.4 Å². The molecule has 3 rings (SSSR count). The van der Waals surface area contributed by atoms with Crippen molar-refractivity contribution in [3.8, 4) is 0 Å². The molecule has 10 heteroatoms. The SMILES string of the molecule is CS(=O)(=O)O.Nc1cccc(C2=NNC(=O)[C@@H]3C[C@@H](O)CN23)c1. The second-order valence-electron chi connectivity index (χ2n) is 5.33. The van der Waals surface area contributed by atoms with Crippen LogP contribution in [0.1, 0.15) is 12.0 Å². The Kier molecular flexibility index (Phi) is 4.88. The van der Waals surface area contributed by atoms with E-state index in [1.54, 1.807) is 12.1 Å². The van der Waals surface area contributed by atoms with Crippen LogP contribution in [0, 0.1) is 0 Å². The summed E-state index contributed by atoms with van der Waals surface area (Å²) in [4.78, 5) is 13.5. The Hall–Kier alpha value is -2.17. The van der Waals surface area contributed by atoms with E-state index in [1.165, 1.54) is 0 Å². The van der Waals surface area contributed by atoms with Gasteiger partial charge in [0.1, 0.15) is 6.04 Å². The molecule has 5 N–H and O–H groups in total. The summed E-state index contributed by atoms with van der Waals surface area (Å²) in [7, 11) is -3.67. The fourth-order valence-corrected chi connectivity index (χ4v) is 2.45. The average Bonchev–Trinajstić information content (AvgIpc) is 2.79. The minimum Gasteiger partial charge on any atom is -0.399 e. The highest BCUT2D eigenvalue weighted by atomic mass is 32.2. The maximum atomic E-state index is 11.7. The molecule has 23 heavy (non-hydrogen) atoms. The van der Waals surface area contributed by atoms with Crippen molar-refractivity contribution in [3.05, 3.63) is 29.8 Å². The van der Waals surface area contributed by atoms with Crippen LogP contribution >= 0.6 is 0 Å². The number of amidine groups is 1. The summed E-state index contributed by atoms with van der Waals surface area (Å²) in [5, 5.41) is 13.8. The molecule has 2 aliphatic heterocycles. The van der Waals surface area contributed by atoms with Gasteiger partial charge in [0.05, 0.1) is 12.4 Å². The van der Waals surface area contributed by atoms with E-state index in [-0.39, 0.29) is 11.9 Å². The van der Waals surface area contributed by atoms with Crippen molar-refractivity contribution in [2.75, 3.05) is 18.5 Å². The minimum absolute atomic E-state index is 0.167. The molecule has 0 aromatic heterocycles.